The molecule has 0 aliphatic rings. The molecule has 0 bridgehead atoms. The summed E-state index contributed by atoms with van der Waals surface area (Å²) >= 11 is 0. The molecule has 0 spiro atoms. The van der Waals surface area contributed by atoms with Gasteiger partial charge in [-0.3, -0.25) is 14.3 Å². The third kappa shape index (κ3) is 3.80. The van der Waals surface area contributed by atoms with E-state index in [0.29, 0.717) is 6.54 Å². The van der Waals surface area contributed by atoms with Crippen molar-refractivity contribution in [1.82, 2.24) is 9.78 Å². The number of hydrogen-bond acceptors (Lipinski definition) is 3. The first-order valence-electron chi connectivity index (χ1n) is 4.51. The molecule has 6 nitrogen and oxygen atoms in total. The average Bonchev–Trinajstić information content (AvgIpc) is 2.63. The molecule has 1 unspecified atom stereocenters. The van der Waals surface area contributed by atoms with Crippen LogP contribution in [0.2, 0.25) is 0 Å². The van der Waals surface area contributed by atoms with Crippen LogP contribution in [0.25, 0.3) is 0 Å². The second kappa shape index (κ2) is 5.14. The van der Waals surface area contributed by atoms with Gasteiger partial charge in [-0.1, -0.05) is 0 Å². The Balaban J connectivity index is 2.45. The average molecular weight is 212 g/mol. The van der Waals surface area contributed by atoms with E-state index >= 15 is 0 Å². The predicted octanol–water partition coefficient (Wildman–Crippen LogP) is 0.449. The molecule has 0 amide bonds. The predicted molar refractivity (Wildman–Crippen MR) is 50.2 cm³/mol. The molecule has 1 atom stereocenters. The lowest BCUT2D eigenvalue weighted by atomic mass is 10.0. The van der Waals surface area contributed by atoms with Crippen LogP contribution in [-0.4, -0.2) is 31.9 Å². The van der Waals surface area contributed by atoms with Gasteiger partial charge in [0, 0.05) is 18.9 Å². The highest BCUT2D eigenvalue weighted by molar-refractivity contribution is 5.77. The van der Waals surface area contributed by atoms with Gasteiger partial charge in [-0.25, -0.2) is 0 Å². The van der Waals surface area contributed by atoms with Crippen LogP contribution in [-0.2, 0) is 16.1 Å². The van der Waals surface area contributed by atoms with Crippen molar-refractivity contribution in [2.24, 2.45) is 5.92 Å². The van der Waals surface area contributed by atoms with E-state index in [1.807, 2.05) is 0 Å². The summed E-state index contributed by atoms with van der Waals surface area (Å²) in [6, 6.07) is 1.73. The van der Waals surface area contributed by atoms with Gasteiger partial charge >= 0.3 is 11.9 Å². The monoisotopic (exact) mass is 212 g/mol. The van der Waals surface area contributed by atoms with Gasteiger partial charge in [-0.05, 0) is 12.5 Å². The SMILES string of the molecule is O=C(O)CC(CCn1cccn1)C(=O)O. The Labute approximate surface area is 86.1 Å². The van der Waals surface area contributed by atoms with Crippen molar-refractivity contribution in [2.45, 2.75) is 19.4 Å². The number of aliphatic carboxylic acids is 2. The Hall–Kier alpha value is -1.85. The first-order chi connectivity index (χ1) is 7.09. The molecule has 0 saturated heterocycles. The van der Waals surface area contributed by atoms with Gasteiger partial charge in [0.25, 0.3) is 0 Å². The summed E-state index contributed by atoms with van der Waals surface area (Å²) in [4.78, 5) is 21.1. The maximum atomic E-state index is 10.7. The molecule has 0 aromatic carbocycles. The van der Waals surface area contributed by atoms with E-state index in [9.17, 15) is 9.59 Å². The van der Waals surface area contributed by atoms with Gasteiger partial charge in [-0.15, -0.1) is 0 Å². The van der Waals surface area contributed by atoms with Crippen LogP contribution in [0.4, 0.5) is 0 Å². The molecular weight excluding hydrogens is 200 g/mol. The number of rotatable bonds is 6. The van der Waals surface area contributed by atoms with E-state index in [-0.39, 0.29) is 12.8 Å². The minimum absolute atomic E-state index is 0.267. The largest absolute Gasteiger partial charge is 0.481 e. The molecule has 0 fully saturated rings. The Kier molecular flexibility index (Phi) is 3.84. The van der Waals surface area contributed by atoms with Crippen molar-refractivity contribution in [3.05, 3.63) is 18.5 Å². The van der Waals surface area contributed by atoms with Crippen LogP contribution in [0.15, 0.2) is 18.5 Å². The number of carboxylic acid groups (broad SMARTS) is 2. The summed E-state index contributed by atoms with van der Waals surface area (Å²) in [7, 11) is 0. The van der Waals surface area contributed by atoms with Crippen molar-refractivity contribution in [3.8, 4) is 0 Å². The zero-order valence-electron chi connectivity index (χ0n) is 8.04. The molecule has 2 N–H and O–H groups in total. The van der Waals surface area contributed by atoms with E-state index < -0.39 is 17.9 Å². The van der Waals surface area contributed by atoms with Crippen LogP contribution in [0.5, 0.6) is 0 Å². The lowest BCUT2D eigenvalue weighted by Crippen LogP contribution is -2.19. The molecule has 1 aromatic rings. The maximum absolute atomic E-state index is 10.7. The van der Waals surface area contributed by atoms with Crippen molar-refractivity contribution in [2.75, 3.05) is 0 Å². The molecule has 0 radical (unpaired) electrons. The lowest BCUT2D eigenvalue weighted by Gasteiger charge is -2.09. The van der Waals surface area contributed by atoms with Crippen LogP contribution < -0.4 is 0 Å². The molecule has 82 valence electrons. The number of hydrogen-bond donors (Lipinski definition) is 2. The van der Waals surface area contributed by atoms with Crippen molar-refractivity contribution >= 4 is 11.9 Å². The summed E-state index contributed by atoms with van der Waals surface area (Å²) in [6.07, 6.45) is 3.21. The van der Waals surface area contributed by atoms with E-state index in [1.54, 1.807) is 23.1 Å². The third-order valence-electron chi connectivity index (χ3n) is 2.04. The van der Waals surface area contributed by atoms with Gasteiger partial charge in [0.15, 0.2) is 0 Å². The fourth-order valence-corrected chi connectivity index (χ4v) is 1.24. The highest BCUT2D eigenvalue weighted by Gasteiger charge is 2.20. The highest BCUT2D eigenvalue weighted by atomic mass is 16.4. The van der Waals surface area contributed by atoms with Crippen LogP contribution >= 0.6 is 0 Å². The Morgan fingerprint density at radius 3 is 2.60 bits per heavy atom. The number of carboxylic acids is 2. The quantitative estimate of drug-likeness (QED) is 0.714. The topological polar surface area (TPSA) is 92.4 Å². The molecule has 1 heterocycles. The summed E-state index contributed by atoms with van der Waals surface area (Å²) in [5, 5.41) is 21.2. The fraction of sp³-hybridized carbons (Fsp3) is 0.444. The fourth-order valence-electron chi connectivity index (χ4n) is 1.24. The molecular formula is C9H12N2O4. The van der Waals surface area contributed by atoms with E-state index in [4.69, 9.17) is 10.2 Å². The first kappa shape index (κ1) is 11.2. The summed E-state index contributed by atoms with van der Waals surface area (Å²) in [5.41, 5.74) is 0. The number of aryl methyl sites for hydroxylation is 1. The van der Waals surface area contributed by atoms with Crippen molar-refractivity contribution < 1.29 is 19.8 Å². The van der Waals surface area contributed by atoms with Crippen LogP contribution in [0.1, 0.15) is 12.8 Å². The van der Waals surface area contributed by atoms with Gasteiger partial charge in [-0.2, -0.15) is 5.10 Å². The summed E-state index contributed by atoms with van der Waals surface area (Å²) in [5.74, 6) is -3.03. The smallest absolute Gasteiger partial charge is 0.307 e. The molecule has 1 rings (SSSR count). The Bertz CT molecular complexity index is 334. The van der Waals surface area contributed by atoms with Gasteiger partial charge in [0.05, 0.1) is 12.3 Å². The van der Waals surface area contributed by atoms with E-state index in [1.165, 1.54) is 0 Å². The summed E-state index contributed by atoms with van der Waals surface area (Å²) in [6.45, 7) is 0.414. The normalized spacial score (nSPS) is 12.3. The Morgan fingerprint density at radius 2 is 2.13 bits per heavy atom. The van der Waals surface area contributed by atoms with Gasteiger partial charge < -0.3 is 10.2 Å². The van der Waals surface area contributed by atoms with Gasteiger partial charge in [0.1, 0.15) is 0 Å². The van der Waals surface area contributed by atoms with Crippen LogP contribution in [0, 0.1) is 5.92 Å². The molecule has 1 aromatic heterocycles. The second-order valence-corrected chi connectivity index (χ2v) is 3.19. The zero-order chi connectivity index (χ0) is 11.3. The number of nitrogens with zero attached hydrogens (tertiary/aromatic N) is 2. The van der Waals surface area contributed by atoms with E-state index in [0.717, 1.165) is 0 Å². The van der Waals surface area contributed by atoms with E-state index in [2.05, 4.69) is 5.10 Å². The second-order valence-electron chi connectivity index (χ2n) is 3.19. The minimum Gasteiger partial charge on any atom is -0.481 e. The highest BCUT2D eigenvalue weighted by Crippen LogP contribution is 2.10. The minimum atomic E-state index is -1.09. The zero-order valence-corrected chi connectivity index (χ0v) is 8.04. The van der Waals surface area contributed by atoms with Crippen LogP contribution in [0.3, 0.4) is 0 Å². The molecule has 0 saturated carbocycles. The summed E-state index contributed by atoms with van der Waals surface area (Å²) < 4.78 is 1.58. The maximum Gasteiger partial charge on any atom is 0.307 e. The third-order valence-corrected chi connectivity index (χ3v) is 2.04. The number of carbonyl (C=O) groups is 2. The van der Waals surface area contributed by atoms with Gasteiger partial charge in [0.2, 0.25) is 0 Å². The standard InChI is InChI=1S/C9H12N2O4/c12-8(13)6-7(9(14)15)2-5-11-4-1-3-10-11/h1,3-4,7H,2,5-6H2,(H,12,13)(H,14,15). The van der Waals surface area contributed by atoms with Crippen molar-refractivity contribution in [3.63, 3.8) is 0 Å². The first-order valence-corrected chi connectivity index (χ1v) is 4.51. The van der Waals surface area contributed by atoms with Crippen molar-refractivity contribution in [1.29, 1.82) is 0 Å². The molecule has 0 aliphatic heterocycles. The Morgan fingerprint density at radius 1 is 1.40 bits per heavy atom. The molecule has 15 heavy (non-hydrogen) atoms. The molecule has 0 aliphatic carbocycles. The number of aromatic nitrogens is 2. The lowest BCUT2D eigenvalue weighted by molar-refractivity contribution is -0.148. The molecule has 6 heteroatoms.